The Morgan fingerprint density at radius 1 is 0.947 bits per heavy atom. The zero-order valence-electron chi connectivity index (χ0n) is 13.2. The van der Waals surface area contributed by atoms with Crippen molar-refractivity contribution in [1.82, 2.24) is 5.32 Å². The molecule has 112 valence electrons. The van der Waals surface area contributed by atoms with Crippen LogP contribution >= 0.6 is 0 Å². The van der Waals surface area contributed by atoms with Crippen molar-refractivity contribution in [1.29, 1.82) is 0 Å². The topological polar surface area (TPSA) is 29.1 Å². The molecule has 0 atom stereocenters. The first-order valence-electron chi connectivity index (χ1n) is 8.21. The van der Waals surface area contributed by atoms with E-state index >= 15 is 0 Å². The van der Waals surface area contributed by atoms with Crippen LogP contribution < -0.4 is 5.32 Å². The van der Waals surface area contributed by atoms with Crippen molar-refractivity contribution in [3.05, 3.63) is 12.2 Å². The highest BCUT2D eigenvalue weighted by Crippen LogP contribution is 2.06. The molecule has 0 rings (SSSR count). The maximum atomic E-state index is 11.7. The maximum absolute atomic E-state index is 11.7. The standard InChI is InChI=1S/C17H33NO/c1-4-7-8-9-10-11-12-15-17(19)18-16(13-5-2)14-6-3/h12,15-16H,4-11,13-14H2,1-3H3,(H,18,19). The van der Waals surface area contributed by atoms with Crippen LogP contribution in [-0.2, 0) is 4.79 Å². The molecule has 0 aromatic carbocycles. The van der Waals surface area contributed by atoms with Crippen molar-refractivity contribution < 1.29 is 4.79 Å². The largest absolute Gasteiger partial charge is 0.350 e. The highest BCUT2D eigenvalue weighted by Gasteiger charge is 2.07. The van der Waals surface area contributed by atoms with Gasteiger partial charge in [-0.05, 0) is 31.8 Å². The summed E-state index contributed by atoms with van der Waals surface area (Å²) in [6.07, 6.45) is 15.6. The van der Waals surface area contributed by atoms with Crippen LogP contribution in [0.25, 0.3) is 0 Å². The molecule has 0 saturated heterocycles. The van der Waals surface area contributed by atoms with E-state index in [0.29, 0.717) is 6.04 Å². The molecule has 1 N–H and O–H groups in total. The van der Waals surface area contributed by atoms with Gasteiger partial charge >= 0.3 is 0 Å². The third-order valence-electron chi connectivity index (χ3n) is 3.36. The van der Waals surface area contributed by atoms with Crippen molar-refractivity contribution in [3.63, 3.8) is 0 Å². The molecule has 0 bridgehead atoms. The summed E-state index contributed by atoms with van der Waals surface area (Å²) in [5, 5.41) is 3.10. The van der Waals surface area contributed by atoms with Gasteiger partial charge < -0.3 is 5.32 Å². The summed E-state index contributed by atoms with van der Waals surface area (Å²) in [6, 6.07) is 0.358. The Kier molecular flexibility index (Phi) is 13.1. The van der Waals surface area contributed by atoms with Crippen molar-refractivity contribution in [2.75, 3.05) is 0 Å². The number of hydrogen-bond donors (Lipinski definition) is 1. The minimum atomic E-state index is 0.0838. The molecule has 0 fully saturated rings. The molecule has 0 heterocycles. The lowest BCUT2D eigenvalue weighted by atomic mass is 10.1. The second-order valence-electron chi connectivity index (χ2n) is 5.39. The molecule has 0 spiro atoms. The minimum absolute atomic E-state index is 0.0838. The van der Waals surface area contributed by atoms with E-state index in [1.807, 2.05) is 6.08 Å². The summed E-state index contributed by atoms with van der Waals surface area (Å²) in [5.41, 5.74) is 0. The van der Waals surface area contributed by atoms with Gasteiger partial charge in [-0.15, -0.1) is 0 Å². The zero-order chi connectivity index (χ0) is 14.3. The van der Waals surface area contributed by atoms with Crippen molar-refractivity contribution in [3.8, 4) is 0 Å². The van der Waals surface area contributed by atoms with Gasteiger partial charge in [-0.3, -0.25) is 4.79 Å². The molecule has 0 aliphatic carbocycles. The maximum Gasteiger partial charge on any atom is 0.243 e. The average molecular weight is 267 g/mol. The minimum Gasteiger partial charge on any atom is -0.350 e. The number of allylic oxidation sites excluding steroid dienone is 1. The van der Waals surface area contributed by atoms with Crippen LogP contribution in [0.1, 0.15) is 85.0 Å². The van der Waals surface area contributed by atoms with Crippen LogP contribution in [0.4, 0.5) is 0 Å². The molecule has 0 radical (unpaired) electrons. The molecule has 0 aromatic heterocycles. The van der Waals surface area contributed by atoms with E-state index in [-0.39, 0.29) is 5.91 Å². The number of hydrogen-bond acceptors (Lipinski definition) is 1. The molecule has 19 heavy (non-hydrogen) atoms. The van der Waals surface area contributed by atoms with E-state index in [2.05, 4.69) is 26.1 Å². The van der Waals surface area contributed by atoms with Crippen LogP contribution in [0.5, 0.6) is 0 Å². The predicted molar refractivity (Wildman–Crippen MR) is 84.3 cm³/mol. The molecule has 0 saturated carbocycles. The number of carbonyl (C=O) groups is 1. The summed E-state index contributed by atoms with van der Waals surface area (Å²) < 4.78 is 0. The second-order valence-corrected chi connectivity index (χ2v) is 5.39. The third kappa shape index (κ3) is 12.0. The fourth-order valence-electron chi connectivity index (χ4n) is 2.29. The quantitative estimate of drug-likeness (QED) is 0.392. The van der Waals surface area contributed by atoms with Crippen molar-refractivity contribution in [2.45, 2.75) is 91.0 Å². The summed E-state index contributed by atoms with van der Waals surface area (Å²) in [6.45, 7) is 6.56. The number of amides is 1. The van der Waals surface area contributed by atoms with Gasteiger partial charge in [0.15, 0.2) is 0 Å². The number of carbonyl (C=O) groups excluding carboxylic acids is 1. The fraction of sp³-hybridized carbons (Fsp3) is 0.824. The first kappa shape index (κ1) is 18.2. The Balaban J connectivity index is 3.69. The van der Waals surface area contributed by atoms with E-state index in [4.69, 9.17) is 0 Å². The number of nitrogens with one attached hydrogen (secondary N) is 1. The lowest BCUT2D eigenvalue weighted by Crippen LogP contribution is -2.33. The van der Waals surface area contributed by atoms with Crippen LogP contribution in [-0.4, -0.2) is 11.9 Å². The van der Waals surface area contributed by atoms with E-state index in [1.54, 1.807) is 6.08 Å². The average Bonchev–Trinajstić information content (AvgIpc) is 2.38. The van der Waals surface area contributed by atoms with E-state index in [1.165, 1.54) is 32.1 Å². The summed E-state index contributed by atoms with van der Waals surface area (Å²) >= 11 is 0. The van der Waals surface area contributed by atoms with Crippen LogP contribution in [0, 0.1) is 0 Å². The Hall–Kier alpha value is -0.790. The Morgan fingerprint density at radius 3 is 2.16 bits per heavy atom. The molecule has 2 heteroatoms. The highest BCUT2D eigenvalue weighted by atomic mass is 16.1. The van der Waals surface area contributed by atoms with Crippen LogP contribution in [0.15, 0.2) is 12.2 Å². The molecule has 1 amide bonds. The van der Waals surface area contributed by atoms with Crippen LogP contribution in [0.3, 0.4) is 0 Å². The van der Waals surface area contributed by atoms with Gasteiger partial charge in [0.2, 0.25) is 5.91 Å². The van der Waals surface area contributed by atoms with Gasteiger partial charge in [-0.25, -0.2) is 0 Å². The normalized spacial score (nSPS) is 11.4. The Morgan fingerprint density at radius 2 is 1.58 bits per heavy atom. The first-order valence-corrected chi connectivity index (χ1v) is 8.21. The lowest BCUT2D eigenvalue weighted by molar-refractivity contribution is -0.117. The van der Waals surface area contributed by atoms with Gasteiger partial charge in [0.25, 0.3) is 0 Å². The van der Waals surface area contributed by atoms with Crippen molar-refractivity contribution >= 4 is 5.91 Å². The van der Waals surface area contributed by atoms with Gasteiger partial charge in [-0.1, -0.05) is 65.4 Å². The molecule has 0 aliphatic heterocycles. The first-order chi connectivity index (χ1) is 9.24. The van der Waals surface area contributed by atoms with E-state index < -0.39 is 0 Å². The Bertz CT molecular complexity index is 229. The number of rotatable bonds is 12. The summed E-state index contributed by atoms with van der Waals surface area (Å²) in [4.78, 5) is 11.7. The van der Waals surface area contributed by atoms with Crippen molar-refractivity contribution in [2.24, 2.45) is 0 Å². The smallest absolute Gasteiger partial charge is 0.243 e. The molecule has 2 nitrogen and oxygen atoms in total. The van der Waals surface area contributed by atoms with Gasteiger partial charge in [0.05, 0.1) is 0 Å². The molecular weight excluding hydrogens is 234 g/mol. The lowest BCUT2D eigenvalue weighted by Gasteiger charge is -2.15. The van der Waals surface area contributed by atoms with Gasteiger partial charge in [-0.2, -0.15) is 0 Å². The molecule has 0 unspecified atom stereocenters. The molecule has 0 aromatic rings. The number of unbranched alkanes of at least 4 members (excludes halogenated alkanes) is 5. The predicted octanol–water partition coefficient (Wildman–Crippen LogP) is 4.99. The highest BCUT2D eigenvalue weighted by molar-refractivity contribution is 5.87. The monoisotopic (exact) mass is 267 g/mol. The third-order valence-corrected chi connectivity index (χ3v) is 3.36. The van der Waals surface area contributed by atoms with Gasteiger partial charge in [0.1, 0.15) is 0 Å². The SMILES string of the molecule is CCCCCCCC=CC(=O)NC(CCC)CCC. The van der Waals surface area contributed by atoms with E-state index in [0.717, 1.165) is 32.1 Å². The summed E-state index contributed by atoms with van der Waals surface area (Å²) in [7, 11) is 0. The fourth-order valence-corrected chi connectivity index (χ4v) is 2.29. The zero-order valence-corrected chi connectivity index (χ0v) is 13.2. The molecule has 0 aliphatic rings. The second kappa shape index (κ2) is 13.6. The Labute approximate surface area is 120 Å². The molecular formula is C17H33NO. The summed E-state index contributed by atoms with van der Waals surface area (Å²) in [5.74, 6) is 0.0838. The van der Waals surface area contributed by atoms with Crippen LogP contribution in [0.2, 0.25) is 0 Å². The van der Waals surface area contributed by atoms with E-state index in [9.17, 15) is 4.79 Å². The van der Waals surface area contributed by atoms with Gasteiger partial charge in [0, 0.05) is 6.04 Å².